The molecule has 2 aromatic heterocycles. The molecule has 4 heterocycles. The quantitative estimate of drug-likeness (QED) is 0.881. The number of piperidine rings is 1. The number of amides is 1. The van der Waals surface area contributed by atoms with Gasteiger partial charge in [-0.15, -0.1) is 21.5 Å². The predicted octanol–water partition coefficient (Wildman–Crippen LogP) is 1.78. The summed E-state index contributed by atoms with van der Waals surface area (Å²) in [7, 11) is 0. The number of carbonyl (C=O) groups excluding carboxylic acids is 1. The number of thiophene rings is 1. The van der Waals surface area contributed by atoms with E-state index in [1.807, 2.05) is 34.7 Å². The number of hydrazine groups is 1. The van der Waals surface area contributed by atoms with E-state index in [-0.39, 0.29) is 11.8 Å². The van der Waals surface area contributed by atoms with Crippen LogP contribution in [-0.4, -0.2) is 60.5 Å². The fraction of sp³-hybridized carbons (Fsp3) is 0.500. The number of morpholine rings is 1. The molecule has 2 aliphatic heterocycles. The molecule has 0 saturated carbocycles. The summed E-state index contributed by atoms with van der Waals surface area (Å²) in [5.41, 5.74) is 3.93. The van der Waals surface area contributed by atoms with Crippen LogP contribution in [0.3, 0.4) is 0 Å². The van der Waals surface area contributed by atoms with Gasteiger partial charge in [-0.05, 0) is 36.4 Å². The number of nitrogens with zero attached hydrogens (tertiary/aromatic N) is 4. The van der Waals surface area contributed by atoms with Gasteiger partial charge >= 0.3 is 0 Å². The van der Waals surface area contributed by atoms with Gasteiger partial charge in [0, 0.05) is 26.2 Å². The first-order chi connectivity index (χ1) is 12.8. The van der Waals surface area contributed by atoms with Gasteiger partial charge < -0.3 is 9.64 Å². The molecular formula is C18H23N5O2S. The highest BCUT2D eigenvalue weighted by Crippen LogP contribution is 2.25. The summed E-state index contributed by atoms with van der Waals surface area (Å²) in [6.07, 6.45) is 1.89. The van der Waals surface area contributed by atoms with E-state index in [4.69, 9.17) is 4.74 Å². The lowest BCUT2D eigenvalue weighted by Gasteiger charge is -2.34. The van der Waals surface area contributed by atoms with Crippen molar-refractivity contribution in [3.05, 3.63) is 29.6 Å². The molecule has 1 unspecified atom stereocenters. The van der Waals surface area contributed by atoms with Crippen LogP contribution >= 0.6 is 11.3 Å². The van der Waals surface area contributed by atoms with Gasteiger partial charge in [0.1, 0.15) is 5.69 Å². The van der Waals surface area contributed by atoms with Crippen molar-refractivity contribution in [2.75, 3.05) is 44.3 Å². The summed E-state index contributed by atoms with van der Waals surface area (Å²) in [6.45, 7) is 4.43. The summed E-state index contributed by atoms with van der Waals surface area (Å²) in [5.74, 6) is 0.916. The minimum absolute atomic E-state index is 0.0228. The lowest BCUT2D eigenvalue weighted by Crippen LogP contribution is -2.52. The Bertz CT molecular complexity index is 716. The topological polar surface area (TPSA) is 70.6 Å². The van der Waals surface area contributed by atoms with Crippen LogP contribution in [0.25, 0.3) is 10.6 Å². The van der Waals surface area contributed by atoms with E-state index < -0.39 is 0 Å². The van der Waals surface area contributed by atoms with Gasteiger partial charge in [0.2, 0.25) is 5.91 Å². The summed E-state index contributed by atoms with van der Waals surface area (Å²) in [5, 5.41) is 12.7. The molecule has 26 heavy (non-hydrogen) atoms. The molecule has 0 aliphatic carbocycles. The molecule has 2 aromatic rings. The van der Waals surface area contributed by atoms with Gasteiger partial charge in [0.15, 0.2) is 5.82 Å². The van der Waals surface area contributed by atoms with Crippen molar-refractivity contribution in [2.45, 2.75) is 12.8 Å². The highest BCUT2D eigenvalue weighted by atomic mass is 32.1. The first-order valence-electron chi connectivity index (χ1n) is 9.05. The molecule has 2 fully saturated rings. The fourth-order valence-electron chi connectivity index (χ4n) is 3.37. The van der Waals surface area contributed by atoms with Gasteiger partial charge in [0.05, 0.1) is 24.0 Å². The Kier molecular flexibility index (Phi) is 5.42. The Labute approximate surface area is 156 Å². The molecule has 1 N–H and O–H groups in total. The zero-order valence-corrected chi connectivity index (χ0v) is 15.5. The van der Waals surface area contributed by atoms with Crippen molar-refractivity contribution >= 4 is 23.1 Å². The van der Waals surface area contributed by atoms with E-state index in [2.05, 4.69) is 20.5 Å². The van der Waals surface area contributed by atoms with Crippen LogP contribution in [0.2, 0.25) is 0 Å². The van der Waals surface area contributed by atoms with E-state index >= 15 is 0 Å². The van der Waals surface area contributed by atoms with E-state index in [0.717, 1.165) is 48.9 Å². The van der Waals surface area contributed by atoms with Crippen LogP contribution in [0.4, 0.5) is 5.82 Å². The number of aromatic nitrogens is 2. The van der Waals surface area contributed by atoms with Gasteiger partial charge in [-0.1, -0.05) is 6.07 Å². The van der Waals surface area contributed by atoms with Gasteiger partial charge in [-0.2, -0.15) is 0 Å². The number of rotatable bonds is 4. The molecule has 0 spiro atoms. The molecule has 2 saturated heterocycles. The summed E-state index contributed by atoms with van der Waals surface area (Å²) >= 11 is 1.66. The molecule has 4 rings (SSSR count). The summed E-state index contributed by atoms with van der Waals surface area (Å²) in [4.78, 5) is 15.9. The molecule has 8 heteroatoms. The maximum atomic E-state index is 12.6. The third-order valence-corrected chi connectivity index (χ3v) is 5.71. The third-order valence-electron chi connectivity index (χ3n) is 4.82. The number of anilines is 1. The van der Waals surface area contributed by atoms with Crippen LogP contribution in [0.15, 0.2) is 29.6 Å². The molecule has 138 valence electrons. The molecular weight excluding hydrogens is 350 g/mol. The van der Waals surface area contributed by atoms with Crippen LogP contribution in [-0.2, 0) is 9.53 Å². The minimum Gasteiger partial charge on any atom is -0.379 e. The zero-order valence-electron chi connectivity index (χ0n) is 14.6. The summed E-state index contributed by atoms with van der Waals surface area (Å²) < 4.78 is 5.32. The standard InChI is InChI=1S/C18H23N5O2S/c24-18(21-23-8-10-25-11-9-23)14-3-1-7-22(13-14)17-6-5-15(19-20-17)16-4-2-12-26-16/h2,4-6,12,14H,1,3,7-11,13H2,(H,21,24). The van der Waals surface area contributed by atoms with Crippen molar-refractivity contribution in [1.82, 2.24) is 20.6 Å². The van der Waals surface area contributed by atoms with Crippen LogP contribution in [0, 0.1) is 5.92 Å². The molecule has 0 bridgehead atoms. The van der Waals surface area contributed by atoms with Crippen molar-refractivity contribution in [3.8, 4) is 10.6 Å². The number of nitrogens with one attached hydrogen (secondary N) is 1. The van der Waals surface area contributed by atoms with Gasteiger partial charge in [0.25, 0.3) is 0 Å². The second-order valence-electron chi connectivity index (χ2n) is 6.61. The highest BCUT2D eigenvalue weighted by Gasteiger charge is 2.28. The number of hydrogen-bond donors (Lipinski definition) is 1. The molecule has 1 atom stereocenters. The average Bonchev–Trinajstić information content (AvgIpc) is 3.24. The van der Waals surface area contributed by atoms with Crippen molar-refractivity contribution < 1.29 is 9.53 Å². The fourth-order valence-corrected chi connectivity index (χ4v) is 4.06. The van der Waals surface area contributed by atoms with Crippen LogP contribution < -0.4 is 10.3 Å². The smallest absolute Gasteiger partial charge is 0.239 e. The van der Waals surface area contributed by atoms with E-state index in [9.17, 15) is 4.79 Å². The number of hydrogen-bond acceptors (Lipinski definition) is 7. The van der Waals surface area contributed by atoms with Crippen molar-refractivity contribution in [1.29, 1.82) is 0 Å². The van der Waals surface area contributed by atoms with E-state index in [1.165, 1.54) is 0 Å². The Morgan fingerprint density at radius 3 is 2.81 bits per heavy atom. The largest absolute Gasteiger partial charge is 0.379 e. The van der Waals surface area contributed by atoms with E-state index in [0.29, 0.717) is 19.8 Å². The second kappa shape index (κ2) is 8.11. The van der Waals surface area contributed by atoms with Gasteiger partial charge in [-0.25, -0.2) is 5.01 Å². The number of ether oxygens (including phenoxy) is 1. The first-order valence-corrected chi connectivity index (χ1v) is 9.93. The molecule has 2 aliphatic rings. The maximum absolute atomic E-state index is 12.6. The van der Waals surface area contributed by atoms with Crippen molar-refractivity contribution in [2.24, 2.45) is 5.92 Å². The van der Waals surface area contributed by atoms with Crippen LogP contribution in [0.5, 0.6) is 0 Å². The Morgan fingerprint density at radius 1 is 1.19 bits per heavy atom. The molecule has 0 radical (unpaired) electrons. The molecule has 7 nitrogen and oxygen atoms in total. The second-order valence-corrected chi connectivity index (χ2v) is 7.56. The lowest BCUT2D eigenvalue weighted by molar-refractivity contribution is -0.132. The monoisotopic (exact) mass is 373 g/mol. The molecule has 0 aromatic carbocycles. The maximum Gasteiger partial charge on any atom is 0.239 e. The predicted molar refractivity (Wildman–Crippen MR) is 101 cm³/mol. The van der Waals surface area contributed by atoms with Crippen molar-refractivity contribution in [3.63, 3.8) is 0 Å². The zero-order chi connectivity index (χ0) is 17.8. The van der Waals surface area contributed by atoms with Crippen LogP contribution in [0.1, 0.15) is 12.8 Å². The van der Waals surface area contributed by atoms with E-state index in [1.54, 1.807) is 11.3 Å². The lowest BCUT2D eigenvalue weighted by atomic mass is 9.97. The first kappa shape index (κ1) is 17.4. The average molecular weight is 373 g/mol. The Morgan fingerprint density at radius 2 is 2.08 bits per heavy atom. The third kappa shape index (κ3) is 4.03. The Balaban J connectivity index is 1.37. The number of carbonyl (C=O) groups is 1. The van der Waals surface area contributed by atoms with Gasteiger partial charge in [-0.3, -0.25) is 10.2 Å². The summed E-state index contributed by atoms with van der Waals surface area (Å²) in [6, 6.07) is 8.06. The highest BCUT2D eigenvalue weighted by molar-refractivity contribution is 7.13. The Hall–Kier alpha value is -2.03. The minimum atomic E-state index is -0.0228. The normalized spacial score (nSPS) is 21.5. The SMILES string of the molecule is O=C(NN1CCOCC1)C1CCCN(c2ccc(-c3cccs3)nn2)C1. The molecule has 1 amide bonds.